The molecule has 127 valence electrons. The number of hydrogen-bond acceptors (Lipinski definition) is 0. The third-order valence-corrected chi connectivity index (χ3v) is 9.77. The van der Waals surface area contributed by atoms with Gasteiger partial charge in [-0.3, -0.25) is 0 Å². The molecule has 0 rings (SSSR count). The van der Waals surface area contributed by atoms with Crippen molar-refractivity contribution in [2.75, 3.05) is 5.75 Å². The molecule has 0 atom stereocenters. The predicted molar refractivity (Wildman–Crippen MR) is 149 cm³/mol. The topological polar surface area (TPSA) is 0 Å². The number of unbranched alkanes of at least 4 members (excludes halogenated alkanes) is 9. The summed E-state index contributed by atoms with van der Waals surface area (Å²) in [7, 11) is 17.8. The monoisotopic (exact) mass is 378 g/mol. The van der Waals surface area contributed by atoms with Crippen molar-refractivity contribution < 1.29 is 59.1 Å². The van der Waals surface area contributed by atoms with Crippen LogP contribution in [0.15, 0.2) is 0 Å². The molecular weight excluding hydrogens is 342 g/mol. The van der Waals surface area contributed by atoms with Crippen molar-refractivity contribution in [3.05, 3.63) is 0 Å². The first-order valence-corrected chi connectivity index (χ1v) is 13.1. The van der Waals surface area contributed by atoms with Crippen LogP contribution in [0.3, 0.4) is 0 Å². The predicted octanol–water partition coefficient (Wildman–Crippen LogP) is -8.40. The summed E-state index contributed by atoms with van der Waals surface area (Å²) in [5.41, 5.74) is 0. The molecule has 0 bridgehead atoms. The Morgan fingerprint density at radius 3 is 1.44 bits per heavy atom. The van der Waals surface area contributed by atoms with Crippen molar-refractivity contribution in [1.29, 1.82) is 0 Å². The molecule has 0 aromatic rings. The third-order valence-electron chi connectivity index (χ3n) is 4.98. The molecule has 0 aromatic heterocycles. The fourth-order valence-electron chi connectivity index (χ4n) is 3.68. The summed E-state index contributed by atoms with van der Waals surface area (Å²) in [4.78, 5) is 0. The Labute approximate surface area is 226 Å². The molecule has 0 aliphatic carbocycles. The van der Waals surface area contributed by atoms with Gasteiger partial charge >= 0.3 is 222 Å². The van der Waals surface area contributed by atoms with Gasteiger partial charge in [-0.2, -0.15) is 0 Å². The van der Waals surface area contributed by atoms with Gasteiger partial charge in [-0.05, 0) is 0 Å². The molecule has 0 N–H and O–H groups in total. The fraction of sp³-hybridized carbons (Fsp3) is 1.00. The van der Waals surface area contributed by atoms with Crippen molar-refractivity contribution >= 4 is 92.9 Å². The van der Waals surface area contributed by atoms with Crippen LogP contribution in [0, 0.1) is 0 Å². The molecule has 0 heterocycles. The molecule has 0 amide bonds. The quantitative estimate of drug-likeness (QED) is 0.196. The van der Waals surface area contributed by atoms with Crippen LogP contribution in [0.5, 0.6) is 0 Å². The SMILES string of the molecule is [10B-][10BH][10B]([10BH2])S(=[10B][10B]([10BH2])[10BH2])(=[10B][10B]([10BH2])[10BH2])CCCCCCCCCCCC.[Na+].[Na+]. The maximum atomic E-state index is 6.11. The fourth-order valence-corrected chi connectivity index (χ4v) is 8.07. The van der Waals surface area contributed by atoms with E-state index in [-0.39, 0.29) is 59.1 Å². The van der Waals surface area contributed by atoms with Crippen LogP contribution in [-0.4, -0.2) is 89.9 Å². The normalized spacial score (nSPS) is 9.85. The Morgan fingerprint density at radius 2 is 1.11 bits per heavy atom. The van der Waals surface area contributed by atoms with Gasteiger partial charge in [-0.1, -0.05) is 6.92 Å². The zero-order valence-electron chi connectivity index (χ0n) is 20.4. The van der Waals surface area contributed by atoms with Crippen LogP contribution < -0.4 is 59.1 Å². The zero-order valence-corrected chi connectivity index (χ0v) is 25.2. The molecule has 0 spiro atoms. The number of rotatable bonds is 15. The van der Waals surface area contributed by atoms with Crippen molar-refractivity contribution in [2.24, 2.45) is 0 Å². The Balaban J connectivity index is -0.00000288. The van der Waals surface area contributed by atoms with Gasteiger partial charge in [0.15, 0.2) is 0 Å². The van der Waals surface area contributed by atoms with Crippen molar-refractivity contribution in [3.63, 3.8) is 0 Å². The van der Waals surface area contributed by atoms with Gasteiger partial charge in [0.25, 0.3) is 0 Å². The first-order valence-electron chi connectivity index (χ1n) is 11.1. The minimum absolute atomic E-state index is 0. The molecule has 0 aromatic carbocycles. The standard InChI is InChI=1S/C12H36B12S.2Na/c1-2-3-4-5-6-7-8-9-10-11-12-25(20-22(14)15,21-23(16)17)24(18)19-13;;/h19H,2-12,14-18H2,1H3;;/q-1;2*+1/i13-1,14-1,15-1,16-1,17-1,18-1,19-1,20-1,21-1,22-1,23-1,24-1;;. The molecule has 0 saturated heterocycles. The Hall–Kier alpha value is 3.13. The van der Waals surface area contributed by atoms with E-state index >= 15 is 0 Å². The molecule has 0 unspecified atom stereocenters. The summed E-state index contributed by atoms with van der Waals surface area (Å²) >= 11 is 0. The summed E-state index contributed by atoms with van der Waals surface area (Å²) in [5, 5.41) is 0. The van der Waals surface area contributed by atoms with Crippen LogP contribution in [0.25, 0.3) is 0 Å². The average molecular weight is 379 g/mol. The van der Waals surface area contributed by atoms with E-state index in [1.165, 1.54) is 70.0 Å². The third kappa shape index (κ3) is 18.4. The van der Waals surface area contributed by atoms with Gasteiger partial charge in [0.2, 0.25) is 0 Å². The van der Waals surface area contributed by atoms with Gasteiger partial charge in [-0.15, -0.1) is 0 Å². The average Bonchev–Trinajstić information content (AvgIpc) is 2.54. The molecule has 0 saturated carbocycles. The van der Waals surface area contributed by atoms with Gasteiger partial charge in [0.05, 0.1) is 0 Å². The first-order chi connectivity index (χ1) is 11.9. The van der Waals surface area contributed by atoms with Crippen molar-refractivity contribution in [3.8, 4) is 0 Å². The van der Waals surface area contributed by atoms with Gasteiger partial charge < -0.3 is 0 Å². The Kier molecular flexibility index (Phi) is 28.7. The second-order valence-corrected chi connectivity index (χ2v) is 12.2. The minimum Gasteiger partial charge on any atom is -0.0654 e. The molecule has 27 heavy (non-hydrogen) atoms. The first kappa shape index (κ1) is 34.7. The minimum atomic E-state index is -0.806. The second kappa shape index (κ2) is 22.3. The van der Waals surface area contributed by atoms with E-state index in [1.54, 1.807) is 0 Å². The molecule has 0 nitrogen and oxygen atoms in total. The molecule has 0 aliphatic rings. The summed E-state index contributed by atoms with van der Waals surface area (Å²) in [6, 6.07) is 5.33. The van der Waals surface area contributed by atoms with Crippen LogP contribution in [-0.2, 0) is 0 Å². The summed E-state index contributed by atoms with van der Waals surface area (Å²) in [6.07, 6.45) is 15.5. The van der Waals surface area contributed by atoms with E-state index in [1.807, 2.05) is 0 Å². The summed E-state index contributed by atoms with van der Waals surface area (Å²) in [6.45, 7) is 2.29. The molecular formula is C12H36B12Na2S+. The van der Waals surface area contributed by atoms with Crippen molar-refractivity contribution in [2.45, 2.75) is 71.1 Å². The smallest absolute Gasteiger partial charge is 0.0654 e. The molecule has 3 radical (unpaired) electrons. The maximum absolute atomic E-state index is 6.11. The van der Waals surface area contributed by atoms with Crippen molar-refractivity contribution in [1.82, 2.24) is 0 Å². The Bertz CT molecular complexity index is 422. The van der Waals surface area contributed by atoms with E-state index in [2.05, 4.69) is 57.7 Å². The molecule has 0 aliphatic heterocycles. The van der Waals surface area contributed by atoms with Crippen LogP contribution in [0.1, 0.15) is 71.1 Å². The van der Waals surface area contributed by atoms with E-state index in [0.29, 0.717) is 18.5 Å². The van der Waals surface area contributed by atoms with E-state index in [9.17, 15) is 0 Å². The van der Waals surface area contributed by atoms with Crippen LogP contribution in [0.4, 0.5) is 0 Å². The van der Waals surface area contributed by atoms with Crippen LogP contribution >= 0.6 is 8.73 Å². The molecule has 15 heteroatoms. The molecule has 0 fully saturated rings. The number of hydrogen-bond donors (Lipinski definition) is 0. The van der Waals surface area contributed by atoms with Gasteiger partial charge in [0, 0.05) is 0 Å². The van der Waals surface area contributed by atoms with Crippen LogP contribution in [0.2, 0.25) is 0 Å². The summed E-state index contributed by atoms with van der Waals surface area (Å²) in [5.74, 6) is 1.98. The summed E-state index contributed by atoms with van der Waals surface area (Å²) < 4.78 is 0. The van der Waals surface area contributed by atoms with Gasteiger partial charge in [-0.25, -0.2) is 0 Å². The van der Waals surface area contributed by atoms with Gasteiger partial charge in [0.1, 0.15) is 0 Å². The van der Waals surface area contributed by atoms with E-state index in [0.717, 1.165) is 7.06 Å². The second-order valence-electron chi connectivity index (χ2n) is 8.60. The Morgan fingerprint density at radius 1 is 0.741 bits per heavy atom. The van der Waals surface area contributed by atoms with E-state index in [4.69, 9.17) is 7.74 Å². The zero-order chi connectivity index (χ0) is 19.1. The van der Waals surface area contributed by atoms with E-state index < -0.39 is 8.73 Å².